The summed E-state index contributed by atoms with van der Waals surface area (Å²) in [6.07, 6.45) is 3.15. The number of halogens is 1. The molecule has 1 aliphatic heterocycles. The van der Waals surface area contributed by atoms with E-state index in [4.69, 9.17) is 0 Å². The van der Waals surface area contributed by atoms with Gasteiger partial charge in [0.05, 0.1) is 0 Å². The van der Waals surface area contributed by atoms with Gasteiger partial charge in [0.2, 0.25) is 0 Å². The number of fused-ring (bicyclic) bond motifs is 1. The van der Waals surface area contributed by atoms with Crippen molar-refractivity contribution in [3.05, 3.63) is 36.0 Å². The summed E-state index contributed by atoms with van der Waals surface area (Å²) in [5, 5.41) is 0. The number of benzene rings is 1. The molecule has 57 valence electrons. The van der Waals surface area contributed by atoms with E-state index in [1.165, 1.54) is 11.0 Å². The second-order valence-electron chi connectivity index (χ2n) is 2.52. The van der Waals surface area contributed by atoms with E-state index in [1.54, 1.807) is 17.8 Å². The van der Waals surface area contributed by atoms with Crippen molar-refractivity contribution in [2.75, 3.05) is 5.75 Å². The number of thioether (sulfide) groups is 1. The van der Waals surface area contributed by atoms with E-state index in [1.807, 2.05) is 6.07 Å². The molecular formula is C9H8FS. The molecule has 2 heteroatoms. The first-order chi connectivity index (χ1) is 5.36. The van der Waals surface area contributed by atoms with E-state index in [-0.39, 0.29) is 5.82 Å². The summed E-state index contributed by atoms with van der Waals surface area (Å²) in [7, 11) is 0. The first kappa shape index (κ1) is 7.17. The molecule has 0 spiro atoms. The molecule has 1 aromatic carbocycles. The summed E-state index contributed by atoms with van der Waals surface area (Å²) < 4.78 is 12.7. The Morgan fingerprint density at radius 1 is 1.36 bits per heavy atom. The highest BCUT2D eigenvalue weighted by molar-refractivity contribution is 7.99. The van der Waals surface area contributed by atoms with Gasteiger partial charge in [0.1, 0.15) is 5.82 Å². The van der Waals surface area contributed by atoms with Crippen molar-refractivity contribution in [1.82, 2.24) is 0 Å². The third-order valence-electron chi connectivity index (χ3n) is 1.71. The van der Waals surface area contributed by atoms with Crippen LogP contribution < -0.4 is 0 Å². The van der Waals surface area contributed by atoms with E-state index < -0.39 is 0 Å². The second-order valence-corrected chi connectivity index (χ2v) is 3.66. The molecule has 0 amide bonds. The molecule has 0 unspecified atom stereocenters. The van der Waals surface area contributed by atoms with Gasteiger partial charge in [-0.3, -0.25) is 0 Å². The molecule has 0 nitrogen and oxygen atoms in total. The van der Waals surface area contributed by atoms with Gasteiger partial charge in [-0.15, -0.1) is 11.8 Å². The van der Waals surface area contributed by atoms with Crippen LogP contribution in [0.15, 0.2) is 23.1 Å². The highest BCUT2D eigenvalue weighted by atomic mass is 32.2. The molecular weight excluding hydrogens is 159 g/mol. The molecule has 1 aromatic rings. The lowest BCUT2D eigenvalue weighted by Crippen LogP contribution is -1.96. The minimum absolute atomic E-state index is 0.137. The zero-order valence-electron chi connectivity index (χ0n) is 6.01. The van der Waals surface area contributed by atoms with Crippen molar-refractivity contribution in [2.45, 2.75) is 11.3 Å². The fourth-order valence-electron chi connectivity index (χ4n) is 1.19. The van der Waals surface area contributed by atoms with Crippen LogP contribution in [0.3, 0.4) is 0 Å². The lowest BCUT2D eigenvalue weighted by molar-refractivity contribution is 0.625. The molecule has 0 aliphatic carbocycles. The topological polar surface area (TPSA) is 0 Å². The van der Waals surface area contributed by atoms with Crippen LogP contribution in [0, 0.1) is 12.2 Å². The van der Waals surface area contributed by atoms with Crippen LogP contribution in [0.5, 0.6) is 0 Å². The molecule has 0 saturated carbocycles. The van der Waals surface area contributed by atoms with Gasteiger partial charge in [0, 0.05) is 4.90 Å². The van der Waals surface area contributed by atoms with Gasteiger partial charge >= 0.3 is 0 Å². The molecule has 0 aromatic heterocycles. The van der Waals surface area contributed by atoms with E-state index in [2.05, 4.69) is 6.42 Å². The fraction of sp³-hybridized carbons (Fsp3) is 0.222. The monoisotopic (exact) mass is 167 g/mol. The van der Waals surface area contributed by atoms with Crippen molar-refractivity contribution >= 4 is 11.8 Å². The molecule has 0 fully saturated rings. The third-order valence-corrected chi connectivity index (χ3v) is 2.83. The van der Waals surface area contributed by atoms with E-state index >= 15 is 0 Å². The van der Waals surface area contributed by atoms with Crippen LogP contribution in [0.4, 0.5) is 4.39 Å². The maximum Gasteiger partial charge on any atom is 0.123 e. The second kappa shape index (κ2) is 2.86. The van der Waals surface area contributed by atoms with Gasteiger partial charge < -0.3 is 0 Å². The zero-order valence-corrected chi connectivity index (χ0v) is 6.83. The molecule has 1 radical (unpaired) electrons. The summed E-state index contributed by atoms with van der Waals surface area (Å²) in [6, 6.07) is 4.97. The van der Waals surface area contributed by atoms with E-state index in [9.17, 15) is 4.39 Å². The Kier molecular flexibility index (Phi) is 1.86. The summed E-state index contributed by atoms with van der Waals surface area (Å²) in [5.74, 6) is 0.987. The SMILES string of the molecule is Fc1ccc2c(c1)[CH]CCS2. The van der Waals surface area contributed by atoms with Crippen LogP contribution in [0.25, 0.3) is 0 Å². The van der Waals surface area contributed by atoms with E-state index in [0.717, 1.165) is 17.7 Å². The van der Waals surface area contributed by atoms with Crippen LogP contribution >= 0.6 is 11.8 Å². The Labute approximate surface area is 69.8 Å². The van der Waals surface area contributed by atoms with Crippen LogP contribution in [-0.4, -0.2) is 5.75 Å². The number of rotatable bonds is 0. The van der Waals surface area contributed by atoms with Gasteiger partial charge in [-0.1, -0.05) is 0 Å². The predicted octanol–water partition coefficient (Wildman–Crippen LogP) is 2.87. The molecule has 0 N–H and O–H groups in total. The summed E-state index contributed by atoms with van der Waals surface area (Å²) in [6.45, 7) is 0. The Morgan fingerprint density at radius 3 is 3.18 bits per heavy atom. The Balaban J connectivity index is 2.43. The maximum absolute atomic E-state index is 12.7. The van der Waals surface area contributed by atoms with Gasteiger partial charge in [-0.05, 0) is 42.4 Å². The molecule has 0 atom stereocenters. The molecule has 1 heterocycles. The van der Waals surface area contributed by atoms with Crippen LogP contribution in [0.1, 0.15) is 12.0 Å². The van der Waals surface area contributed by atoms with Crippen molar-refractivity contribution in [3.8, 4) is 0 Å². The highest BCUT2D eigenvalue weighted by Gasteiger charge is 2.09. The molecule has 2 rings (SSSR count). The largest absolute Gasteiger partial charge is 0.207 e. The summed E-state index contributed by atoms with van der Waals surface area (Å²) >= 11 is 1.80. The van der Waals surface area contributed by atoms with Gasteiger partial charge in [-0.25, -0.2) is 4.39 Å². The standard InChI is InChI=1S/C9H8FS/c10-8-3-4-9-7(6-8)2-1-5-11-9/h2-4,6H,1,5H2. The smallest absolute Gasteiger partial charge is 0.123 e. The Hall–Kier alpha value is -0.500. The van der Waals surface area contributed by atoms with Gasteiger partial charge in [0.15, 0.2) is 0 Å². The Morgan fingerprint density at radius 2 is 2.27 bits per heavy atom. The van der Waals surface area contributed by atoms with Crippen molar-refractivity contribution < 1.29 is 4.39 Å². The first-order valence-corrected chi connectivity index (χ1v) is 4.60. The lowest BCUT2D eigenvalue weighted by atomic mass is 10.1. The zero-order chi connectivity index (χ0) is 7.68. The average molecular weight is 167 g/mol. The Bertz CT molecular complexity index is 270. The van der Waals surface area contributed by atoms with Gasteiger partial charge in [-0.2, -0.15) is 0 Å². The minimum atomic E-state index is -0.137. The third kappa shape index (κ3) is 1.41. The number of hydrogen-bond acceptors (Lipinski definition) is 1. The average Bonchev–Trinajstić information content (AvgIpc) is 2.04. The normalized spacial score (nSPS) is 16.1. The molecule has 0 saturated heterocycles. The fourth-order valence-corrected chi connectivity index (χ4v) is 2.12. The first-order valence-electron chi connectivity index (χ1n) is 3.62. The van der Waals surface area contributed by atoms with Crippen molar-refractivity contribution in [2.24, 2.45) is 0 Å². The predicted molar refractivity (Wildman–Crippen MR) is 45.1 cm³/mol. The maximum atomic E-state index is 12.7. The molecule has 11 heavy (non-hydrogen) atoms. The molecule has 1 aliphatic rings. The number of hydrogen-bond donors (Lipinski definition) is 0. The van der Waals surface area contributed by atoms with E-state index in [0.29, 0.717) is 0 Å². The highest BCUT2D eigenvalue weighted by Crippen LogP contribution is 2.30. The molecule has 0 bridgehead atoms. The van der Waals surface area contributed by atoms with Crippen molar-refractivity contribution in [1.29, 1.82) is 0 Å². The lowest BCUT2D eigenvalue weighted by Gasteiger charge is -2.13. The van der Waals surface area contributed by atoms with Crippen LogP contribution in [0.2, 0.25) is 0 Å². The summed E-state index contributed by atoms with van der Waals surface area (Å²) in [5.41, 5.74) is 1.06. The summed E-state index contributed by atoms with van der Waals surface area (Å²) in [4.78, 5) is 1.21. The minimum Gasteiger partial charge on any atom is -0.207 e. The van der Waals surface area contributed by atoms with Gasteiger partial charge in [0.25, 0.3) is 0 Å². The van der Waals surface area contributed by atoms with Crippen LogP contribution in [-0.2, 0) is 0 Å². The quantitative estimate of drug-likeness (QED) is 0.572. The van der Waals surface area contributed by atoms with Crippen molar-refractivity contribution in [3.63, 3.8) is 0 Å².